The van der Waals surface area contributed by atoms with Crippen LogP contribution in [-0.2, 0) is 0 Å². The fourth-order valence-corrected chi connectivity index (χ4v) is 3.12. The van der Waals surface area contributed by atoms with E-state index in [1.54, 1.807) is 0 Å². The molecule has 0 bridgehead atoms. The van der Waals surface area contributed by atoms with Gasteiger partial charge >= 0.3 is 0 Å². The summed E-state index contributed by atoms with van der Waals surface area (Å²) in [5.41, 5.74) is 0.878. The number of aromatic nitrogens is 1. The predicted octanol–water partition coefficient (Wildman–Crippen LogP) is 3.26. The monoisotopic (exact) mass is 277 g/mol. The van der Waals surface area contributed by atoms with Gasteiger partial charge in [-0.05, 0) is 31.2 Å². The largest absolute Gasteiger partial charge is 0.394 e. The Balaban J connectivity index is 2.07. The van der Waals surface area contributed by atoms with E-state index in [-0.39, 0.29) is 12.1 Å². The number of hydrogen-bond donors (Lipinski definition) is 3. The number of anilines is 2. The number of rotatable bonds is 6. The van der Waals surface area contributed by atoms with Crippen molar-refractivity contribution in [3.63, 3.8) is 0 Å². The molecule has 4 nitrogen and oxygen atoms in total. The first-order chi connectivity index (χ1) is 9.67. The average molecular weight is 277 g/mol. The van der Waals surface area contributed by atoms with Crippen molar-refractivity contribution in [3.8, 4) is 0 Å². The molecule has 2 rings (SSSR count). The number of nitrogens with one attached hydrogen (secondary N) is 2. The molecule has 0 aliphatic heterocycles. The minimum Gasteiger partial charge on any atom is -0.394 e. The number of aliphatic hydroxyl groups excluding tert-OH is 1. The van der Waals surface area contributed by atoms with Crippen molar-refractivity contribution in [1.82, 2.24) is 4.98 Å². The van der Waals surface area contributed by atoms with Gasteiger partial charge in [0.25, 0.3) is 0 Å². The second kappa shape index (κ2) is 6.93. The zero-order valence-electron chi connectivity index (χ0n) is 12.7. The molecule has 3 N–H and O–H groups in total. The number of aliphatic hydroxyl groups is 1. The Morgan fingerprint density at radius 1 is 1.50 bits per heavy atom. The van der Waals surface area contributed by atoms with Crippen LogP contribution in [0.25, 0.3) is 0 Å². The van der Waals surface area contributed by atoms with Crippen LogP contribution in [0, 0.1) is 5.92 Å². The third-order valence-corrected chi connectivity index (χ3v) is 4.12. The summed E-state index contributed by atoms with van der Waals surface area (Å²) in [5.74, 6) is 1.57. The lowest BCUT2D eigenvalue weighted by Gasteiger charge is -2.40. The molecule has 4 heteroatoms. The van der Waals surface area contributed by atoms with Crippen LogP contribution < -0.4 is 10.6 Å². The summed E-state index contributed by atoms with van der Waals surface area (Å²) in [6, 6.07) is 4.01. The Bertz CT molecular complexity index is 424. The smallest absolute Gasteiger partial charge is 0.127 e. The first kappa shape index (κ1) is 15.1. The molecule has 0 saturated heterocycles. The van der Waals surface area contributed by atoms with Crippen molar-refractivity contribution in [2.75, 3.05) is 23.8 Å². The van der Waals surface area contributed by atoms with Crippen LogP contribution in [0.2, 0.25) is 0 Å². The van der Waals surface area contributed by atoms with Gasteiger partial charge in [0, 0.05) is 24.5 Å². The molecule has 2 atom stereocenters. The lowest BCUT2D eigenvalue weighted by Crippen LogP contribution is -2.45. The van der Waals surface area contributed by atoms with Crippen LogP contribution in [0.4, 0.5) is 11.5 Å². The topological polar surface area (TPSA) is 57.2 Å². The first-order valence-electron chi connectivity index (χ1n) is 7.76. The van der Waals surface area contributed by atoms with E-state index in [1.807, 2.05) is 18.3 Å². The maximum atomic E-state index is 9.84. The molecule has 1 aromatic heterocycles. The fraction of sp³-hybridized carbons (Fsp3) is 0.688. The molecule has 1 saturated carbocycles. The molecule has 0 amide bonds. The van der Waals surface area contributed by atoms with E-state index >= 15 is 0 Å². The molecule has 1 aliphatic carbocycles. The summed E-state index contributed by atoms with van der Waals surface area (Å²) in [6.07, 6.45) is 7.41. The zero-order chi connectivity index (χ0) is 14.4. The van der Waals surface area contributed by atoms with E-state index in [0.717, 1.165) is 37.3 Å². The number of hydrogen-bond acceptors (Lipinski definition) is 4. The van der Waals surface area contributed by atoms with Gasteiger partial charge in [-0.1, -0.05) is 26.7 Å². The van der Waals surface area contributed by atoms with Crippen molar-refractivity contribution in [2.24, 2.45) is 5.92 Å². The molecule has 0 aromatic carbocycles. The fourth-order valence-electron chi connectivity index (χ4n) is 3.12. The van der Waals surface area contributed by atoms with Crippen LogP contribution >= 0.6 is 0 Å². The van der Waals surface area contributed by atoms with E-state index in [1.165, 1.54) is 12.8 Å². The van der Waals surface area contributed by atoms with E-state index in [2.05, 4.69) is 29.5 Å². The second-order valence-corrected chi connectivity index (χ2v) is 6.12. The molecule has 1 fully saturated rings. The van der Waals surface area contributed by atoms with Crippen molar-refractivity contribution >= 4 is 11.5 Å². The first-order valence-corrected chi connectivity index (χ1v) is 7.76. The van der Waals surface area contributed by atoms with E-state index in [9.17, 15) is 5.11 Å². The molecule has 1 aromatic rings. The quantitative estimate of drug-likeness (QED) is 0.747. The molecule has 1 heterocycles. The highest BCUT2D eigenvalue weighted by atomic mass is 16.3. The second-order valence-electron chi connectivity index (χ2n) is 6.12. The van der Waals surface area contributed by atoms with Gasteiger partial charge in [0.2, 0.25) is 0 Å². The Labute approximate surface area is 122 Å². The van der Waals surface area contributed by atoms with Gasteiger partial charge in [-0.25, -0.2) is 4.98 Å². The predicted molar refractivity (Wildman–Crippen MR) is 84.1 cm³/mol. The standard InChI is InChI=1S/C16H27N3O/c1-3-8-17-15-10-14(6-9-18-15)19-16(12-20)7-4-5-13(2)11-16/h6,9-10,13,20H,3-5,7-8,11-12H2,1-2H3,(H2,17,18,19). The maximum absolute atomic E-state index is 9.84. The molecule has 112 valence electrons. The SMILES string of the molecule is CCCNc1cc(NC2(CO)CCCC(C)C2)ccn1. The van der Waals surface area contributed by atoms with Crippen LogP contribution in [-0.4, -0.2) is 28.8 Å². The lowest BCUT2D eigenvalue weighted by molar-refractivity contribution is 0.149. The minimum absolute atomic E-state index is 0.166. The molecule has 2 unspecified atom stereocenters. The summed E-state index contributed by atoms with van der Waals surface area (Å²) in [6.45, 7) is 5.53. The Morgan fingerprint density at radius 2 is 2.35 bits per heavy atom. The minimum atomic E-state index is -0.166. The Kier molecular flexibility index (Phi) is 5.24. The highest BCUT2D eigenvalue weighted by molar-refractivity contribution is 5.53. The summed E-state index contributed by atoms with van der Waals surface area (Å²) in [4.78, 5) is 4.32. The van der Waals surface area contributed by atoms with Gasteiger partial charge in [-0.15, -0.1) is 0 Å². The molecule has 20 heavy (non-hydrogen) atoms. The summed E-state index contributed by atoms with van der Waals surface area (Å²) < 4.78 is 0. The number of nitrogens with zero attached hydrogens (tertiary/aromatic N) is 1. The van der Waals surface area contributed by atoms with Crippen LogP contribution in [0.5, 0.6) is 0 Å². The van der Waals surface area contributed by atoms with Crippen molar-refractivity contribution in [1.29, 1.82) is 0 Å². The lowest BCUT2D eigenvalue weighted by atomic mass is 9.76. The van der Waals surface area contributed by atoms with E-state index in [0.29, 0.717) is 5.92 Å². The molecule has 0 spiro atoms. The average Bonchev–Trinajstić information content (AvgIpc) is 2.45. The van der Waals surface area contributed by atoms with E-state index < -0.39 is 0 Å². The Hall–Kier alpha value is -1.29. The van der Waals surface area contributed by atoms with Gasteiger partial charge in [-0.3, -0.25) is 0 Å². The molecule has 1 aliphatic rings. The van der Waals surface area contributed by atoms with Crippen LogP contribution in [0.1, 0.15) is 46.0 Å². The van der Waals surface area contributed by atoms with Gasteiger partial charge in [0.15, 0.2) is 0 Å². The molecule has 0 radical (unpaired) electrons. The van der Waals surface area contributed by atoms with Gasteiger partial charge < -0.3 is 15.7 Å². The summed E-state index contributed by atoms with van der Waals surface area (Å²) >= 11 is 0. The van der Waals surface area contributed by atoms with Gasteiger partial charge in [0.05, 0.1) is 12.1 Å². The van der Waals surface area contributed by atoms with Crippen molar-refractivity contribution in [3.05, 3.63) is 18.3 Å². The Morgan fingerprint density at radius 3 is 3.05 bits per heavy atom. The highest BCUT2D eigenvalue weighted by Crippen LogP contribution is 2.34. The molecular formula is C16H27N3O. The normalized spacial score (nSPS) is 26.2. The maximum Gasteiger partial charge on any atom is 0.127 e. The van der Waals surface area contributed by atoms with Crippen LogP contribution in [0.15, 0.2) is 18.3 Å². The summed E-state index contributed by atoms with van der Waals surface area (Å²) in [5, 5.41) is 16.7. The third kappa shape index (κ3) is 3.85. The van der Waals surface area contributed by atoms with Crippen molar-refractivity contribution < 1.29 is 5.11 Å². The zero-order valence-corrected chi connectivity index (χ0v) is 12.7. The summed E-state index contributed by atoms with van der Waals surface area (Å²) in [7, 11) is 0. The highest BCUT2D eigenvalue weighted by Gasteiger charge is 2.34. The number of pyridine rings is 1. The van der Waals surface area contributed by atoms with Gasteiger partial charge in [0.1, 0.15) is 5.82 Å². The third-order valence-electron chi connectivity index (χ3n) is 4.12. The van der Waals surface area contributed by atoms with Gasteiger partial charge in [-0.2, -0.15) is 0 Å². The van der Waals surface area contributed by atoms with Crippen molar-refractivity contribution in [2.45, 2.75) is 51.5 Å². The van der Waals surface area contributed by atoms with Crippen LogP contribution in [0.3, 0.4) is 0 Å². The molecular weight excluding hydrogens is 250 g/mol. The van der Waals surface area contributed by atoms with E-state index in [4.69, 9.17) is 0 Å².